The van der Waals surface area contributed by atoms with Gasteiger partial charge in [-0.25, -0.2) is 8.42 Å². The van der Waals surface area contributed by atoms with Crippen molar-refractivity contribution in [1.82, 2.24) is 4.40 Å². The monoisotopic (exact) mass is 527 g/mol. The van der Waals surface area contributed by atoms with Crippen molar-refractivity contribution >= 4 is 31.3 Å². The first kappa shape index (κ1) is 27.2. The van der Waals surface area contributed by atoms with Crippen LogP contribution in [0.15, 0.2) is 93.8 Å². The molecule has 2 heterocycles. The predicted octanol–water partition coefficient (Wildman–Crippen LogP) is 5.40. The maximum Gasteiger partial charge on any atom is 0.339 e. The topological polar surface area (TPSA) is 99.0 Å². The molecule has 0 aliphatic heterocycles. The number of hydrogen-bond donors (Lipinski definition) is 0. The highest BCUT2D eigenvalue weighted by molar-refractivity contribution is 7.91. The second kappa shape index (κ2) is 11.1. The average Bonchev–Trinajstić information content (AvgIpc) is 3.18. The van der Waals surface area contributed by atoms with Crippen LogP contribution in [0.25, 0.3) is 5.52 Å². The lowest BCUT2D eigenvalue weighted by atomic mass is 10.2. The van der Waals surface area contributed by atoms with Crippen LogP contribution in [0.5, 0.6) is 5.75 Å². The zero-order valence-electron chi connectivity index (χ0n) is 20.6. The molecule has 0 fully saturated rings. The number of fused-ring (bicyclic) bond motifs is 1. The predicted molar refractivity (Wildman–Crippen MR) is 139 cm³/mol. The van der Waals surface area contributed by atoms with Gasteiger partial charge in [-0.05, 0) is 81.3 Å². The van der Waals surface area contributed by atoms with Gasteiger partial charge in [-0.3, -0.25) is 0 Å². The number of benzene rings is 2. The van der Waals surface area contributed by atoms with Crippen LogP contribution in [0.3, 0.4) is 0 Å². The number of aryl methyl sites for hydroxylation is 2. The zero-order valence-corrected chi connectivity index (χ0v) is 22.3. The molecule has 7 nitrogen and oxygen atoms in total. The van der Waals surface area contributed by atoms with Crippen LogP contribution >= 0.6 is 0 Å². The maximum absolute atomic E-state index is 13.5. The molecule has 2 aromatic heterocycles. The Morgan fingerprint density at radius 3 is 2.03 bits per heavy atom. The number of Topliss-reactive ketones (excluding diaryl/α,β-unsaturated/α-hetero) is 1. The minimum absolute atomic E-state index is 0.0317. The highest BCUT2D eigenvalue weighted by atomic mass is 32.2. The molecule has 0 N–H and O–H groups in total. The molecular formula is C27H29NO6S2. The smallest absolute Gasteiger partial charge is 0.339 e. The van der Waals surface area contributed by atoms with Gasteiger partial charge < -0.3 is 13.4 Å². The van der Waals surface area contributed by atoms with Crippen LogP contribution in [0.2, 0.25) is 0 Å². The Bertz CT molecular complexity index is 1560. The molecule has 36 heavy (non-hydrogen) atoms. The first-order valence-corrected chi connectivity index (χ1v) is 14.3. The molecule has 190 valence electrons. The van der Waals surface area contributed by atoms with E-state index in [1.165, 1.54) is 50.2 Å². The lowest BCUT2D eigenvalue weighted by Crippen LogP contribution is -2.10. The Balaban J connectivity index is 0.000000840. The number of aromatic nitrogens is 1. The number of rotatable bonds is 7. The van der Waals surface area contributed by atoms with Gasteiger partial charge in [-0.1, -0.05) is 37.1 Å². The number of hydrogen-bond acceptors (Lipinski definition) is 6. The normalized spacial score (nSPS) is 11.6. The summed E-state index contributed by atoms with van der Waals surface area (Å²) in [6.45, 7) is 6.91. The molecule has 9 heteroatoms. The standard InChI is InChI=1S/C24H23NO5S2.C3H6O/c1-3-6-19-17-25-16-5-4-7-23(25)24(19)31(26,27)21-14-10-20(11-15-21)30-32(28,29)22-12-8-18(2)9-13-22;1-3(2)4/h4-5,7-17H,3,6H2,1-2H3;1-2H3. The molecule has 0 saturated heterocycles. The molecule has 0 atom stereocenters. The molecule has 0 bridgehead atoms. The summed E-state index contributed by atoms with van der Waals surface area (Å²) in [7, 11) is -7.84. The van der Waals surface area contributed by atoms with Gasteiger partial charge >= 0.3 is 10.1 Å². The average molecular weight is 528 g/mol. The van der Waals surface area contributed by atoms with E-state index in [1.807, 2.05) is 36.7 Å². The minimum Gasteiger partial charge on any atom is -0.379 e. The molecule has 0 aliphatic rings. The summed E-state index contributed by atoms with van der Waals surface area (Å²) < 4.78 is 59.0. The summed E-state index contributed by atoms with van der Waals surface area (Å²) >= 11 is 0. The van der Waals surface area contributed by atoms with Gasteiger partial charge in [0.1, 0.15) is 21.3 Å². The van der Waals surface area contributed by atoms with E-state index in [2.05, 4.69) is 0 Å². The first-order valence-electron chi connectivity index (χ1n) is 11.4. The number of pyridine rings is 1. The summed E-state index contributed by atoms with van der Waals surface area (Å²) in [6, 6.07) is 17.2. The third-order valence-corrected chi connectivity index (χ3v) is 8.31. The fraction of sp³-hybridized carbons (Fsp3) is 0.222. The van der Waals surface area contributed by atoms with Crippen LogP contribution < -0.4 is 4.18 Å². The number of sulfone groups is 1. The van der Waals surface area contributed by atoms with Crippen LogP contribution in [0.1, 0.15) is 38.3 Å². The van der Waals surface area contributed by atoms with Crippen molar-refractivity contribution in [2.75, 3.05) is 0 Å². The second-order valence-corrected chi connectivity index (χ2v) is 11.9. The molecule has 0 radical (unpaired) electrons. The van der Waals surface area contributed by atoms with E-state index in [1.54, 1.807) is 24.3 Å². The van der Waals surface area contributed by atoms with Crippen LogP contribution in [0, 0.1) is 6.92 Å². The molecule has 0 saturated carbocycles. The molecule has 4 rings (SSSR count). The van der Waals surface area contributed by atoms with Gasteiger partial charge in [0.25, 0.3) is 0 Å². The van der Waals surface area contributed by atoms with Crippen molar-refractivity contribution in [2.45, 2.75) is 55.2 Å². The van der Waals surface area contributed by atoms with Gasteiger partial charge in [-0.2, -0.15) is 8.42 Å². The molecule has 4 aromatic rings. The molecule has 0 spiro atoms. The van der Waals surface area contributed by atoms with Crippen LogP contribution in [0.4, 0.5) is 0 Å². The zero-order chi connectivity index (χ0) is 26.5. The van der Waals surface area contributed by atoms with E-state index < -0.39 is 20.0 Å². The van der Waals surface area contributed by atoms with Gasteiger partial charge in [0.15, 0.2) is 0 Å². The lowest BCUT2D eigenvalue weighted by molar-refractivity contribution is -0.115. The van der Waals surface area contributed by atoms with Gasteiger partial charge in [0, 0.05) is 12.4 Å². The fourth-order valence-electron chi connectivity index (χ4n) is 3.58. The SMILES string of the molecule is CC(C)=O.CCCc1cn2ccccc2c1S(=O)(=O)c1ccc(OS(=O)(=O)c2ccc(C)cc2)cc1. The van der Waals surface area contributed by atoms with E-state index in [4.69, 9.17) is 4.18 Å². The first-order chi connectivity index (χ1) is 17.0. The molecular weight excluding hydrogens is 498 g/mol. The van der Waals surface area contributed by atoms with Gasteiger partial charge in [0.05, 0.1) is 10.4 Å². The third-order valence-electron chi connectivity index (χ3n) is 5.15. The largest absolute Gasteiger partial charge is 0.379 e. The Labute approximate surface area is 212 Å². The van der Waals surface area contributed by atoms with Gasteiger partial charge in [-0.15, -0.1) is 0 Å². The molecule has 0 amide bonds. The van der Waals surface area contributed by atoms with Crippen molar-refractivity contribution in [1.29, 1.82) is 0 Å². The third kappa shape index (κ3) is 6.22. The highest BCUT2D eigenvalue weighted by Crippen LogP contribution is 2.32. The molecule has 0 unspecified atom stereocenters. The Hall–Kier alpha value is -3.43. The van der Waals surface area contributed by atoms with Crippen molar-refractivity contribution in [3.05, 3.63) is 90.3 Å². The molecule has 2 aromatic carbocycles. The highest BCUT2D eigenvalue weighted by Gasteiger charge is 2.26. The minimum atomic E-state index is -4.02. The number of nitrogens with zero attached hydrogens (tertiary/aromatic N) is 1. The van der Waals surface area contributed by atoms with Gasteiger partial charge in [0.2, 0.25) is 9.84 Å². The Morgan fingerprint density at radius 1 is 0.861 bits per heavy atom. The molecule has 0 aliphatic carbocycles. The summed E-state index contributed by atoms with van der Waals surface area (Å²) in [5, 5.41) is 0. The maximum atomic E-state index is 13.5. The fourth-order valence-corrected chi connectivity index (χ4v) is 6.19. The van der Waals surface area contributed by atoms with E-state index in [0.29, 0.717) is 11.9 Å². The van der Waals surface area contributed by atoms with E-state index in [0.717, 1.165) is 17.5 Å². The quantitative estimate of drug-likeness (QED) is 0.299. The van der Waals surface area contributed by atoms with E-state index in [-0.39, 0.29) is 26.2 Å². The van der Waals surface area contributed by atoms with Crippen molar-refractivity contribution in [3.63, 3.8) is 0 Å². The van der Waals surface area contributed by atoms with E-state index in [9.17, 15) is 21.6 Å². The number of carbonyl (C=O) groups is 1. The Morgan fingerprint density at radius 2 is 1.44 bits per heavy atom. The number of ketones is 1. The van der Waals surface area contributed by atoms with Crippen molar-refractivity contribution in [2.24, 2.45) is 0 Å². The summed E-state index contributed by atoms with van der Waals surface area (Å²) in [6.07, 6.45) is 5.10. The van der Waals surface area contributed by atoms with Crippen molar-refractivity contribution < 1.29 is 25.8 Å². The van der Waals surface area contributed by atoms with Crippen LogP contribution in [-0.2, 0) is 31.2 Å². The Kier molecular flexibility index (Phi) is 8.37. The lowest BCUT2D eigenvalue weighted by Gasteiger charge is -2.10. The number of carbonyl (C=O) groups excluding carboxylic acids is 1. The summed E-state index contributed by atoms with van der Waals surface area (Å²) in [5.41, 5.74) is 2.29. The summed E-state index contributed by atoms with van der Waals surface area (Å²) in [5.74, 6) is 0.208. The summed E-state index contributed by atoms with van der Waals surface area (Å²) in [4.78, 5) is 9.83. The second-order valence-electron chi connectivity index (χ2n) is 8.46. The van der Waals surface area contributed by atoms with Crippen molar-refractivity contribution in [3.8, 4) is 5.75 Å². The van der Waals surface area contributed by atoms with E-state index >= 15 is 0 Å². The van der Waals surface area contributed by atoms with Crippen LogP contribution in [-0.4, -0.2) is 27.0 Å².